The van der Waals surface area contributed by atoms with Crippen molar-refractivity contribution < 1.29 is 31.9 Å². The highest BCUT2D eigenvalue weighted by atomic mass is 19.4. The van der Waals surface area contributed by atoms with Gasteiger partial charge in [0.05, 0.1) is 29.1 Å². The Labute approximate surface area is 194 Å². The number of fused-ring (bicyclic) bond motifs is 1. The van der Waals surface area contributed by atoms with Gasteiger partial charge < -0.3 is 15.8 Å². The molecular weight excluding hydrogens is 456 g/mol. The molecule has 3 N–H and O–H groups in total. The van der Waals surface area contributed by atoms with E-state index < -0.39 is 52.3 Å². The molecule has 0 aromatic heterocycles. The summed E-state index contributed by atoms with van der Waals surface area (Å²) in [5.74, 6) is -2.57. The highest BCUT2D eigenvalue weighted by Crippen LogP contribution is 2.48. The molecule has 1 fully saturated rings. The quantitative estimate of drug-likeness (QED) is 0.639. The highest BCUT2D eigenvalue weighted by molar-refractivity contribution is 5.99. The first-order valence-corrected chi connectivity index (χ1v) is 11.1. The van der Waals surface area contributed by atoms with Crippen molar-refractivity contribution in [2.75, 3.05) is 6.54 Å². The Morgan fingerprint density at radius 1 is 1.29 bits per heavy atom. The first-order chi connectivity index (χ1) is 15.6. The van der Waals surface area contributed by atoms with Crippen LogP contribution in [0.1, 0.15) is 64.1 Å². The Kier molecular flexibility index (Phi) is 5.60. The second-order valence-corrected chi connectivity index (χ2v) is 10.5. The number of nitrogens with zero attached hydrogens (tertiary/aromatic N) is 2. The molecule has 34 heavy (non-hydrogen) atoms. The number of ether oxygens (including phenoxy) is 1. The van der Waals surface area contributed by atoms with Gasteiger partial charge in [0.15, 0.2) is 5.96 Å². The molecular formula is C23H28F4N4O3. The summed E-state index contributed by atoms with van der Waals surface area (Å²) in [6, 6.07) is 0.404. The van der Waals surface area contributed by atoms with Gasteiger partial charge >= 0.3 is 6.18 Å². The van der Waals surface area contributed by atoms with Gasteiger partial charge in [0.1, 0.15) is 17.2 Å². The topological polar surface area (TPSA) is 97.0 Å². The molecule has 2 aliphatic heterocycles. The maximum Gasteiger partial charge on any atom is 0.419 e. The zero-order chi connectivity index (χ0) is 25.2. The van der Waals surface area contributed by atoms with Crippen LogP contribution in [-0.2, 0) is 15.8 Å². The molecule has 3 atom stereocenters. The minimum absolute atomic E-state index is 0.0979. The van der Waals surface area contributed by atoms with E-state index in [2.05, 4.69) is 10.3 Å². The number of guanidine groups is 1. The zero-order valence-corrected chi connectivity index (χ0v) is 19.4. The average molecular weight is 484 g/mol. The van der Waals surface area contributed by atoms with Gasteiger partial charge in [-0.3, -0.25) is 14.5 Å². The lowest BCUT2D eigenvalue weighted by atomic mass is 9.87. The molecule has 1 aromatic carbocycles. The predicted octanol–water partition coefficient (Wildman–Crippen LogP) is 3.52. The molecule has 1 aliphatic carbocycles. The predicted molar refractivity (Wildman–Crippen MR) is 115 cm³/mol. The van der Waals surface area contributed by atoms with E-state index in [1.807, 2.05) is 0 Å². The summed E-state index contributed by atoms with van der Waals surface area (Å²) < 4.78 is 60.8. The molecule has 7 nitrogen and oxygen atoms in total. The van der Waals surface area contributed by atoms with Crippen molar-refractivity contribution in [2.24, 2.45) is 22.6 Å². The molecule has 186 valence electrons. The third-order valence-electron chi connectivity index (χ3n) is 6.44. The number of nitrogens with one attached hydrogen (secondary N) is 1. The fourth-order valence-electron chi connectivity index (χ4n) is 4.75. The lowest BCUT2D eigenvalue weighted by Crippen LogP contribution is -2.50. The van der Waals surface area contributed by atoms with Crippen LogP contribution in [0.4, 0.5) is 17.6 Å². The Bertz CT molecular complexity index is 1070. The molecule has 2 amide bonds. The fraction of sp³-hybridized carbons (Fsp3) is 0.609. The maximum absolute atomic E-state index is 14.7. The number of rotatable bonds is 4. The van der Waals surface area contributed by atoms with Crippen LogP contribution in [0.3, 0.4) is 0 Å². The van der Waals surface area contributed by atoms with E-state index in [1.54, 1.807) is 27.7 Å². The molecule has 0 saturated heterocycles. The van der Waals surface area contributed by atoms with Gasteiger partial charge in [0, 0.05) is 18.9 Å². The maximum atomic E-state index is 14.7. The van der Waals surface area contributed by atoms with Gasteiger partial charge in [-0.2, -0.15) is 13.2 Å². The van der Waals surface area contributed by atoms with Gasteiger partial charge in [0.2, 0.25) is 11.8 Å². The molecule has 11 heteroatoms. The normalized spacial score (nSPS) is 27.4. The highest BCUT2D eigenvalue weighted by Gasteiger charge is 2.48. The van der Waals surface area contributed by atoms with Gasteiger partial charge in [-0.1, -0.05) is 0 Å². The second kappa shape index (κ2) is 7.84. The molecule has 1 aromatic rings. The van der Waals surface area contributed by atoms with Crippen LogP contribution in [0.15, 0.2) is 17.1 Å². The van der Waals surface area contributed by atoms with Crippen molar-refractivity contribution in [3.05, 3.63) is 29.1 Å². The summed E-state index contributed by atoms with van der Waals surface area (Å²) in [5, 5.41) is 2.72. The molecule has 0 spiro atoms. The van der Waals surface area contributed by atoms with Gasteiger partial charge in [-0.15, -0.1) is 0 Å². The number of halogens is 4. The van der Waals surface area contributed by atoms with E-state index in [0.29, 0.717) is 12.5 Å². The third kappa shape index (κ3) is 4.69. The van der Waals surface area contributed by atoms with Gasteiger partial charge in [-0.25, -0.2) is 9.38 Å². The van der Waals surface area contributed by atoms with Crippen molar-refractivity contribution >= 4 is 17.8 Å². The Morgan fingerprint density at radius 2 is 1.97 bits per heavy atom. The van der Waals surface area contributed by atoms with Gasteiger partial charge in [0.25, 0.3) is 0 Å². The number of carbonyl (C=O) groups is 2. The number of benzene rings is 1. The Morgan fingerprint density at radius 3 is 2.59 bits per heavy atom. The summed E-state index contributed by atoms with van der Waals surface area (Å²) >= 11 is 0. The van der Waals surface area contributed by atoms with E-state index in [-0.39, 0.29) is 42.7 Å². The van der Waals surface area contributed by atoms with Crippen LogP contribution in [-0.4, -0.2) is 40.4 Å². The van der Waals surface area contributed by atoms with Crippen LogP contribution in [0.2, 0.25) is 0 Å². The van der Waals surface area contributed by atoms with Gasteiger partial charge in [-0.05, 0) is 52.2 Å². The van der Waals surface area contributed by atoms with Crippen molar-refractivity contribution in [2.45, 2.75) is 70.3 Å². The lowest BCUT2D eigenvalue weighted by Gasteiger charge is -2.39. The second-order valence-electron chi connectivity index (χ2n) is 10.5. The minimum atomic E-state index is -4.74. The molecule has 2 heterocycles. The Hall–Kier alpha value is -2.85. The number of hydrogen-bond donors (Lipinski definition) is 2. The number of alkyl halides is 3. The van der Waals surface area contributed by atoms with E-state index in [1.165, 1.54) is 4.90 Å². The average Bonchev–Trinajstić information content (AvgIpc) is 3.41. The number of amides is 2. The largest absolute Gasteiger partial charge is 0.487 e. The lowest BCUT2D eigenvalue weighted by molar-refractivity contribution is -0.140. The summed E-state index contributed by atoms with van der Waals surface area (Å²) in [4.78, 5) is 31.1. The molecule has 1 saturated carbocycles. The van der Waals surface area contributed by atoms with Crippen molar-refractivity contribution in [1.29, 1.82) is 0 Å². The summed E-state index contributed by atoms with van der Waals surface area (Å²) in [6.07, 6.45) is -3.96. The van der Waals surface area contributed by atoms with Crippen LogP contribution in [0, 0.1) is 17.7 Å². The van der Waals surface area contributed by atoms with E-state index in [0.717, 1.165) is 6.07 Å². The monoisotopic (exact) mass is 484 g/mol. The van der Waals surface area contributed by atoms with E-state index in [4.69, 9.17) is 10.5 Å². The fourth-order valence-corrected chi connectivity index (χ4v) is 4.75. The summed E-state index contributed by atoms with van der Waals surface area (Å²) in [5.41, 5.74) is 2.93. The number of hydrogen-bond acceptors (Lipinski definition) is 5. The van der Waals surface area contributed by atoms with Crippen LogP contribution in [0.5, 0.6) is 5.75 Å². The van der Waals surface area contributed by atoms with Crippen LogP contribution < -0.4 is 15.8 Å². The molecule has 3 unspecified atom stereocenters. The first-order valence-electron chi connectivity index (χ1n) is 11.1. The number of nitrogens with two attached hydrogens (primary N) is 1. The molecule has 0 bridgehead atoms. The zero-order valence-electron chi connectivity index (χ0n) is 19.4. The van der Waals surface area contributed by atoms with Crippen molar-refractivity contribution in [3.8, 4) is 5.75 Å². The number of carbonyl (C=O) groups excluding carboxylic acids is 2. The van der Waals surface area contributed by atoms with Crippen molar-refractivity contribution in [1.82, 2.24) is 10.2 Å². The third-order valence-corrected chi connectivity index (χ3v) is 6.44. The SMILES string of the molecule is CC1(C)CC(=O)N(CC2CC2C(=O)NC2CC(C)(C)Oc3c(C(F)(F)F)ccc(F)c32)C(N)=N1. The minimum Gasteiger partial charge on any atom is -0.487 e. The summed E-state index contributed by atoms with van der Waals surface area (Å²) in [6.45, 7) is 7.01. The smallest absolute Gasteiger partial charge is 0.419 e. The van der Waals surface area contributed by atoms with E-state index >= 15 is 0 Å². The summed E-state index contributed by atoms with van der Waals surface area (Å²) in [7, 11) is 0. The van der Waals surface area contributed by atoms with E-state index in [9.17, 15) is 27.2 Å². The van der Waals surface area contributed by atoms with Crippen LogP contribution in [0.25, 0.3) is 0 Å². The first kappa shape index (κ1) is 24.3. The molecule has 0 radical (unpaired) electrons. The van der Waals surface area contributed by atoms with Crippen molar-refractivity contribution in [3.63, 3.8) is 0 Å². The molecule has 3 aliphatic rings. The Balaban J connectivity index is 1.50. The standard InChI is InChI=1S/C23H28F4N4O3/c1-21(2)9-16(32)31(20(28)30-21)10-11-7-12(11)19(33)29-15-8-22(3,4)34-18-13(23(25,26)27)5-6-14(24)17(15)18/h5-6,11-12,15H,7-10H2,1-4H3,(H2,28,30)(H,29,33). The number of aliphatic imine (C=N–C) groups is 1. The van der Waals surface area contributed by atoms with Crippen LogP contribution >= 0.6 is 0 Å². The molecule has 4 rings (SSSR count).